The number of rotatable bonds is 3. The zero-order chi connectivity index (χ0) is 18.2. The van der Waals surface area contributed by atoms with E-state index in [1.165, 1.54) is 10.2 Å². The van der Waals surface area contributed by atoms with E-state index in [1.807, 2.05) is 32.9 Å². The van der Waals surface area contributed by atoms with Gasteiger partial charge in [-0.3, -0.25) is 4.79 Å². The summed E-state index contributed by atoms with van der Waals surface area (Å²) >= 11 is 6.45. The van der Waals surface area contributed by atoms with Crippen molar-refractivity contribution in [2.24, 2.45) is 0 Å². The Bertz CT molecular complexity index is 809. The molecule has 0 aliphatic carbocycles. The van der Waals surface area contributed by atoms with Crippen molar-refractivity contribution >= 4 is 17.3 Å². The smallest absolute Gasteiger partial charge is 0.288 e. The molecule has 0 amide bonds. The van der Waals surface area contributed by atoms with Crippen LogP contribution < -0.4 is 15.2 Å². The number of methoxy groups -OCH3 is 1. The fraction of sp³-hybridized carbons (Fsp3) is 0.474. The second kappa shape index (κ2) is 6.71. The molecule has 0 bridgehead atoms. The number of nitrogens with zero attached hydrogens (tertiary/aromatic N) is 3. The van der Waals surface area contributed by atoms with Gasteiger partial charge in [-0.25, -0.2) is 4.68 Å². The third kappa shape index (κ3) is 3.38. The minimum Gasteiger partial charge on any atom is -0.497 e. The molecule has 2 heterocycles. The molecule has 0 radical (unpaired) electrons. The Kier molecular flexibility index (Phi) is 4.78. The summed E-state index contributed by atoms with van der Waals surface area (Å²) in [5.41, 5.74) is 1.26. The maximum atomic E-state index is 12.6. The van der Waals surface area contributed by atoms with Crippen LogP contribution in [0.15, 0.2) is 35.3 Å². The van der Waals surface area contributed by atoms with Crippen molar-refractivity contribution in [1.82, 2.24) is 9.78 Å². The predicted octanol–water partition coefficient (Wildman–Crippen LogP) is 4.00. The van der Waals surface area contributed by atoms with Gasteiger partial charge in [-0.05, 0) is 51.3 Å². The molecule has 6 heteroatoms. The lowest BCUT2D eigenvalue weighted by molar-refractivity contribution is 0.338. The molecule has 134 valence electrons. The Labute approximate surface area is 153 Å². The third-order valence-corrected chi connectivity index (χ3v) is 4.95. The summed E-state index contributed by atoms with van der Waals surface area (Å²) < 4.78 is 6.68. The molecule has 0 unspecified atom stereocenters. The van der Waals surface area contributed by atoms with Crippen LogP contribution in [0.25, 0.3) is 0 Å². The molecule has 25 heavy (non-hydrogen) atoms. The number of halogens is 1. The fourth-order valence-corrected chi connectivity index (χ4v) is 3.57. The van der Waals surface area contributed by atoms with Gasteiger partial charge in [0.15, 0.2) is 0 Å². The number of hydrogen-bond acceptors (Lipinski definition) is 4. The SMILES string of the molecule is COc1ccc([C@@H]2CCCN2c2cnn(C(C)(C)C)c(=O)c2Cl)cc1. The van der Waals surface area contributed by atoms with Gasteiger partial charge in [0.1, 0.15) is 10.8 Å². The van der Waals surface area contributed by atoms with E-state index >= 15 is 0 Å². The molecule has 1 aromatic heterocycles. The summed E-state index contributed by atoms with van der Waals surface area (Å²) in [5, 5.41) is 4.61. The van der Waals surface area contributed by atoms with Crippen LogP contribution in [0.5, 0.6) is 5.75 Å². The Morgan fingerprint density at radius 1 is 1.24 bits per heavy atom. The van der Waals surface area contributed by atoms with Crippen LogP contribution in [-0.4, -0.2) is 23.4 Å². The molecule has 2 aromatic rings. The molecule has 1 aliphatic rings. The zero-order valence-corrected chi connectivity index (χ0v) is 15.9. The lowest BCUT2D eigenvalue weighted by atomic mass is 10.0. The summed E-state index contributed by atoms with van der Waals surface area (Å²) in [6.45, 7) is 6.67. The number of anilines is 1. The van der Waals surface area contributed by atoms with Gasteiger partial charge < -0.3 is 9.64 Å². The van der Waals surface area contributed by atoms with Crippen molar-refractivity contribution in [2.75, 3.05) is 18.6 Å². The summed E-state index contributed by atoms with van der Waals surface area (Å²) in [6.07, 6.45) is 3.79. The van der Waals surface area contributed by atoms with E-state index in [9.17, 15) is 4.79 Å². The summed E-state index contributed by atoms with van der Waals surface area (Å²) in [4.78, 5) is 14.8. The van der Waals surface area contributed by atoms with E-state index in [0.29, 0.717) is 5.69 Å². The highest BCUT2D eigenvalue weighted by atomic mass is 35.5. The monoisotopic (exact) mass is 361 g/mol. The molecule has 3 rings (SSSR count). The van der Waals surface area contributed by atoms with Crippen molar-refractivity contribution in [1.29, 1.82) is 0 Å². The van der Waals surface area contributed by atoms with Gasteiger partial charge >= 0.3 is 0 Å². The second-order valence-electron chi connectivity index (χ2n) is 7.36. The van der Waals surface area contributed by atoms with E-state index in [1.54, 1.807) is 13.3 Å². The molecular formula is C19H24ClN3O2. The third-order valence-electron chi connectivity index (χ3n) is 4.60. The Morgan fingerprint density at radius 2 is 1.92 bits per heavy atom. The summed E-state index contributed by atoms with van der Waals surface area (Å²) in [5.74, 6) is 0.834. The number of aromatic nitrogens is 2. The first kappa shape index (κ1) is 17.8. The molecule has 1 aromatic carbocycles. The molecule has 5 nitrogen and oxygen atoms in total. The second-order valence-corrected chi connectivity index (χ2v) is 7.73. The molecule has 0 saturated carbocycles. The van der Waals surface area contributed by atoms with Gasteiger partial charge in [-0.1, -0.05) is 23.7 Å². The Hall–Kier alpha value is -2.01. The van der Waals surface area contributed by atoms with E-state index in [-0.39, 0.29) is 16.6 Å². The highest BCUT2D eigenvalue weighted by Gasteiger charge is 2.30. The minimum absolute atomic E-state index is 0.190. The van der Waals surface area contributed by atoms with Gasteiger partial charge in [0.05, 0.1) is 30.6 Å². The maximum Gasteiger partial charge on any atom is 0.288 e. The molecule has 1 atom stereocenters. The first-order valence-corrected chi connectivity index (χ1v) is 8.89. The first-order chi connectivity index (χ1) is 11.8. The highest BCUT2D eigenvalue weighted by Crippen LogP contribution is 2.38. The molecule has 0 N–H and O–H groups in total. The number of ether oxygens (including phenoxy) is 1. The Balaban J connectivity index is 1.97. The number of benzene rings is 1. The fourth-order valence-electron chi connectivity index (χ4n) is 3.33. The largest absolute Gasteiger partial charge is 0.497 e. The maximum absolute atomic E-state index is 12.6. The molecular weight excluding hydrogens is 338 g/mol. The van der Waals surface area contributed by atoms with Gasteiger partial charge in [-0.15, -0.1) is 0 Å². The van der Waals surface area contributed by atoms with E-state index in [0.717, 1.165) is 25.1 Å². The van der Waals surface area contributed by atoms with Crippen LogP contribution in [0.3, 0.4) is 0 Å². The topological polar surface area (TPSA) is 47.4 Å². The lowest BCUT2D eigenvalue weighted by Crippen LogP contribution is -2.37. The zero-order valence-electron chi connectivity index (χ0n) is 15.1. The van der Waals surface area contributed by atoms with Crippen molar-refractivity contribution < 1.29 is 4.74 Å². The molecule has 1 saturated heterocycles. The van der Waals surface area contributed by atoms with Crippen molar-refractivity contribution in [2.45, 2.75) is 45.2 Å². The minimum atomic E-state index is -0.403. The molecule has 1 fully saturated rings. The lowest BCUT2D eigenvalue weighted by Gasteiger charge is -2.29. The van der Waals surface area contributed by atoms with Gasteiger partial charge in [0.2, 0.25) is 0 Å². The van der Waals surface area contributed by atoms with E-state index < -0.39 is 5.54 Å². The number of hydrogen-bond donors (Lipinski definition) is 0. The van der Waals surface area contributed by atoms with E-state index in [4.69, 9.17) is 16.3 Å². The normalized spacial score (nSPS) is 17.8. The predicted molar refractivity (Wildman–Crippen MR) is 101 cm³/mol. The highest BCUT2D eigenvalue weighted by molar-refractivity contribution is 6.33. The van der Waals surface area contributed by atoms with Gasteiger partial charge in [-0.2, -0.15) is 5.10 Å². The van der Waals surface area contributed by atoms with Gasteiger partial charge in [0, 0.05) is 6.54 Å². The standard InChI is InChI=1S/C19H24ClN3O2/c1-19(2,3)23-18(24)17(20)16(12-21-23)22-11-5-6-15(22)13-7-9-14(25-4)10-8-13/h7-10,12,15H,5-6,11H2,1-4H3/t15-/m0/s1. The van der Waals surface area contributed by atoms with Gasteiger partial charge in [0.25, 0.3) is 5.56 Å². The van der Waals surface area contributed by atoms with Crippen LogP contribution in [0.4, 0.5) is 5.69 Å². The van der Waals surface area contributed by atoms with Crippen LogP contribution in [0, 0.1) is 0 Å². The van der Waals surface area contributed by atoms with Crippen LogP contribution in [0.1, 0.15) is 45.2 Å². The van der Waals surface area contributed by atoms with Crippen LogP contribution in [-0.2, 0) is 5.54 Å². The summed E-state index contributed by atoms with van der Waals surface area (Å²) in [7, 11) is 1.66. The van der Waals surface area contributed by atoms with Crippen molar-refractivity contribution in [3.63, 3.8) is 0 Å². The molecule has 1 aliphatic heterocycles. The quantitative estimate of drug-likeness (QED) is 0.829. The van der Waals surface area contributed by atoms with Crippen molar-refractivity contribution in [3.8, 4) is 5.75 Å². The molecule has 0 spiro atoms. The summed E-state index contributed by atoms with van der Waals surface area (Å²) in [6, 6.07) is 8.25. The Morgan fingerprint density at radius 3 is 2.52 bits per heavy atom. The van der Waals surface area contributed by atoms with Crippen LogP contribution >= 0.6 is 11.6 Å². The average Bonchev–Trinajstić information content (AvgIpc) is 3.05. The van der Waals surface area contributed by atoms with Crippen molar-refractivity contribution in [3.05, 3.63) is 51.4 Å². The van der Waals surface area contributed by atoms with E-state index in [2.05, 4.69) is 22.1 Å². The van der Waals surface area contributed by atoms with Crippen LogP contribution in [0.2, 0.25) is 5.02 Å². The average molecular weight is 362 g/mol. The first-order valence-electron chi connectivity index (χ1n) is 8.52.